The number of esters is 1. The van der Waals surface area contributed by atoms with Crippen molar-refractivity contribution in [2.24, 2.45) is 0 Å². The predicted molar refractivity (Wildman–Crippen MR) is 114 cm³/mol. The van der Waals surface area contributed by atoms with E-state index in [0.717, 1.165) is 11.1 Å². The molecule has 0 spiro atoms. The molecule has 3 rings (SSSR count). The fraction of sp³-hybridized carbons (Fsp3) is 0.130. The highest BCUT2D eigenvalue weighted by Crippen LogP contribution is 2.20. The first-order valence-electron chi connectivity index (χ1n) is 9.15. The summed E-state index contributed by atoms with van der Waals surface area (Å²) in [5.74, 6) is -1.62. The van der Waals surface area contributed by atoms with Gasteiger partial charge in [0.15, 0.2) is 17.5 Å². The van der Waals surface area contributed by atoms with Gasteiger partial charge in [-0.25, -0.2) is 9.78 Å². The molecule has 1 heterocycles. The monoisotopic (exact) mass is 422 g/mol. The molecule has 0 saturated carbocycles. The molecule has 0 saturated heterocycles. The summed E-state index contributed by atoms with van der Waals surface area (Å²) in [5.41, 5.74) is 2.88. The van der Waals surface area contributed by atoms with Crippen LogP contribution in [-0.2, 0) is 9.53 Å². The molecule has 0 fully saturated rings. The molecule has 0 aliphatic carbocycles. The number of ketones is 1. The van der Waals surface area contributed by atoms with Gasteiger partial charge < -0.3 is 10.1 Å². The number of aromatic nitrogens is 1. The van der Waals surface area contributed by atoms with Crippen molar-refractivity contribution in [1.29, 1.82) is 0 Å². The molecule has 152 valence electrons. The maximum absolute atomic E-state index is 13.1. The van der Waals surface area contributed by atoms with Crippen LogP contribution in [0.25, 0.3) is 0 Å². The van der Waals surface area contributed by atoms with Crippen LogP contribution in [0.1, 0.15) is 37.4 Å². The zero-order chi connectivity index (χ0) is 21.7. The van der Waals surface area contributed by atoms with Gasteiger partial charge in [0.2, 0.25) is 0 Å². The smallest absolute Gasteiger partial charge is 0.339 e. The lowest BCUT2D eigenvalue weighted by Gasteiger charge is -2.11. The summed E-state index contributed by atoms with van der Waals surface area (Å²) in [7, 11) is 0. The van der Waals surface area contributed by atoms with Gasteiger partial charge in [0, 0.05) is 17.3 Å². The number of hydrogen-bond acceptors (Lipinski definition) is 5. The fourth-order valence-electron chi connectivity index (χ4n) is 2.86. The Morgan fingerprint density at radius 1 is 0.967 bits per heavy atom. The second-order valence-corrected chi connectivity index (χ2v) is 7.02. The molecule has 0 aliphatic heterocycles. The van der Waals surface area contributed by atoms with Crippen LogP contribution < -0.4 is 5.32 Å². The second-order valence-electron chi connectivity index (χ2n) is 6.66. The first-order chi connectivity index (χ1) is 14.4. The van der Waals surface area contributed by atoms with Crippen LogP contribution >= 0.6 is 11.6 Å². The topological polar surface area (TPSA) is 85.4 Å². The Balaban J connectivity index is 1.74. The number of halogens is 1. The number of rotatable bonds is 6. The zero-order valence-corrected chi connectivity index (χ0v) is 17.2. The van der Waals surface area contributed by atoms with E-state index in [0.29, 0.717) is 11.3 Å². The Bertz CT molecular complexity index is 1130. The average Bonchev–Trinajstić information content (AvgIpc) is 2.75. The lowest BCUT2D eigenvalue weighted by Crippen LogP contribution is -2.22. The minimum Gasteiger partial charge on any atom is -0.452 e. The van der Waals surface area contributed by atoms with E-state index < -0.39 is 18.5 Å². The van der Waals surface area contributed by atoms with Crippen LogP contribution in [-0.4, -0.2) is 29.3 Å². The number of carbonyl (C=O) groups excluding carboxylic acids is 3. The number of amides is 1. The number of carbonyl (C=O) groups is 3. The van der Waals surface area contributed by atoms with Crippen LogP contribution in [0.2, 0.25) is 5.15 Å². The second kappa shape index (κ2) is 9.33. The lowest BCUT2D eigenvalue weighted by molar-refractivity contribution is -0.119. The normalized spacial score (nSPS) is 10.4. The van der Waals surface area contributed by atoms with Crippen LogP contribution in [0.4, 0.5) is 5.69 Å². The Hall–Kier alpha value is -3.51. The van der Waals surface area contributed by atoms with Crippen molar-refractivity contribution >= 4 is 34.9 Å². The highest BCUT2D eigenvalue weighted by atomic mass is 35.5. The van der Waals surface area contributed by atoms with Crippen LogP contribution in [0.5, 0.6) is 0 Å². The Morgan fingerprint density at radius 3 is 2.43 bits per heavy atom. The van der Waals surface area contributed by atoms with E-state index in [1.54, 1.807) is 36.4 Å². The molecule has 0 radical (unpaired) electrons. The number of nitrogens with one attached hydrogen (secondary N) is 1. The van der Waals surface area contributed by atoms with Gasteiger partial charge in [-0.15, -0.1) is 0 Å². The van der Waals surface area contributed by atoms with Gasteiger partial charge in [0.05, 0.1) is 11.3 Å². The molecule has 2 aromatic carbocycles. The van der Waals surface area contributed by atoms with E-state index in [1.807, 2.05) is 26.0 Å². The first kappa shape index (κ1) is 21.2. The number of ether oxygens (including phenoxy) is 1. The third-order valence-electron chi connectivity index (χ3n) is 4.40. The zero-order valence-electron chi connectivity index (χ0n) is 16.4. The van der Waals surface area contributed by atoms with E-state index in [2.05, 4.69) is 10.3 Å². The summed E-state index contributed by atoms with van der Waals surface area (Å²) in [6.07, 6.45) is 1.49. The van der Waals surface area contributed by atoms with Crippen LogP contribution in [0, 0.1) is 13.8 Å². The number of hydrogen-bond donors (Lipinski definition) is 1. The van der Waals surface area contributed by atoms with Crippen molar-refractivity contribution in [2.75, 3.05) is 11.9 Å². The van der Waals surface area contributed by atoms with Gasteiger partial charge in [-0.05, 0) is 43.7 Å². The molecule has 6 nitrogen and oxygen atoms in total. The summed E-state index contributed by atoms with van der Waals surface area (Å²) >= 11 is 5.89. The summed E-state index contributed by atoms with van der Waals surface area (Å²) in [5, 5.41) is 2.64. The van der Waals surface area contributed by atoms with Gasteiger partial charge in [0.1, 0.15) is 0 Å². The Labute approximate surface area is 178 Å². The standard InChI is InChI=1S/C23H19ClN2O4/c1-14-9-10-15(2)18(12-14)21(28)16-6-3-4-7-17(16)23(29)30-13-20(27)26-19-8-5-11-25-22(19)24/h3-12H,13H2,1-2H3,(H,26,27). The maximum Gasteiger partial charge on any atom is 0.339 e. The van der Waals surface area contributed by atoms with E-state index in [9.17, 15) is 14.4 Å². The van der Waals surface area contributed by atoms with Gasteiger partial charge in [-0.2, -0.15) is 0 Å². The lowest BCUT2D eigenvalue weighted by atomic mass is 9.94. The van der Waals surface area contributed by atoms with Gasteiger partial charge >= 0.3 is 5.97 Å². The first-order valence-corrected chi connectivity index (χ1v) is 9.53. The van der Waals surface area contributed by atoms with Crippen molar-refractivity contribution in [2.45, 2.75) is 13.8 Å². The SMILES string of the molecule is Cc1ccc(C)c(C(=O)c2ccccc2C(=O)OCC(=O)Nc2cccnc2Cl)c1. The minimum absolute atomic E-state index is 0.0932. The molecule has 1 aromatic heterocycles. The molecule has 0 unspecified atom stereocenters. The van der Waals surface area contributed by atoms with Gasteiger partial charge in [-0.3, -0.25) is 9.59 Å². The van der Waals surface area contributed by atoms with E-state index >= 15 is 0 Å². The summed E-state index contributed by atoms with van der Waals surface area (Å²) in [4.78, 5) is 41.6. The van der Waals surface area contributed by atoms with Crippen LogP contribution in [0.15, 0.2) is 60.8 Å². The molecule has 7 heteroatoms. The molecule has 3 aromatic rings. The summed E-state index contributed by atoms with van der Waals surface area (Å²) in [6.45, 7) is 3.20. The highest BCUT2D eigenvalue weighted by molar-refractivity contribution is 6.32. The van der Waals surface area contributed by atoms with Crippen molar-refractivity contribution < 1.29 is 19.1 Å². The van der Waals surface area contributed by atoms with E-state index in [-0.39, 0.29) is 22.1 Å². The van der Waals surface area contributed by atoms with Gasteiger partial charge in [-0.1, -0.05) is 47.5 Å². The maximum atomic E-state index is 13.1. The fourth-order valence-corrected chi connectivity index (χ4v) is 3.03. The van der Waals surface area contributed by atoms with Crippen LogP contribution in [0.3, 0.4) is 0 Å². The van der Waals surface area contributed by atoms with Crippen molar-refractivity contribution in [3.63, 3.8) is 0 Å². The molecule has 0 aliphatic rings. The summed E-state index contributed by atoms with van der Waals surface area (Å²) < 4.78 is 5.12. The molecular formula is C23H19ClN2O4. The number of aryl methyl sites for hydroxylation is 2. The largest absolute Gasteiger partial charge is 0.452 e. The molecule has 1 amide bonds. The Kier molecular flexibility index (Phi) is 6.59. The third kappa shape index (κ3) is 4.90. The molecular weight excluding hydrogens is 404 g/mol. The number of anilines is 1. The predicted octanol–water partition coefficient (Wildman–Crippen LogP) is 4.38. The number of benzene rings is 2. The molecule has 0 bridgehead atoms. The minimum atomic E-state index is -0.767. The van der Waals surface area contributed by atoms with Crippen molar-refractivity contribution in [1.82, 2.24) is 4.98 Å². The van der Waals surface area contributed by atoms with E-state index in [4.69, 9.17) is 16.3 Å². The van der Waals surface area contributed by atoms with Crippen molar-refractivity contribution in [3.8, 4) is 0 Å². The Morgan fingerprint density at radius 2 is 1.70 bits per heavy atom. The third-order valence-corrected chi connectivity index (χ3v) is 4.70. The molecule has 1 N–H and O–H groups in total. The molecule has 0 atom stereocenters. The quantitative estimate of drug-likeness (QED) is 0.362. The highest BCUT2D eigenvalue weighted by Gasteiger charge is 2.21. The number of nitrogens with zero attached hydrogens (tertiary/aromatic N) is 1. The number of pyridine rings is 1. The average molecular weight is 423 g/mol. The summed E-state index contributed by atoms with van der Waals surface area (Å²) in [6, 6.07) is 15.1. The molecule has 30 heavy (non-hydrogen) atoms. The van der Waals surface area contributed by atoms with Gasteiger partial charge in [0.25, 0.3) is 5.91 Å². The van der Waals surface area contributed by atoms with E-state index in [1.165, 1.54) is 12.3 Å². The van der Waals surface area contributed by atoms with Crippen molar-refractivity contribution in [3.05, 3.63) is 93.8 Å².